The van der Waals surface area contributed by atoms with Gasteiger partial charge in [-0.25, -0.2) is 9.13 Å². The standard InChI is InChI=1S/C7H12N2.5ClH.Zr/c1-3-4-9-6-5-8(2)7-9;;;;;;/h5-7H,1,3-4H2,2H3;5*1H;/q;;;;;;+4/p-5. The maximum atomic E-state index is 3.76. The molecule has 0 aliphatic carbocycles. The van der Waals surface area contributed by atoms with Gasteiger partial charge in [-0.05, 0) is 0 Å². The molecule has 1 rings (SSSR count). The van der Waals surface area contributed by atoms with E-state index in [0.717, 1.165) is 13.0 Å². The van der Waals surface area contributed by atoms with Crippen LogP contribution in [-0.2, 0) is 39.8 Å². The molecule has 0 atom stereocenters. The fraction of sp³-hybridized carbons (Fsp3) is 0.429. The van der Waals surface area contributed by atoms with E-state index in [1.54, 1.807) is 0 Å². The van der Waals surface area contributed by atoms with Crippen molar-refractivity contribution in [2.45, 2.75) is 13.0 Å². The largest absolute Gasteiger partial charge is 4.00 e. The summed E-state index contributed by atoms with van der Waals surface area (Å²) in [6.07, 6.45) is 7.07. The second kappa shape index (κ2) is 20.9. The molecule has 2 nitrogen and oxygen atoms in total. The minimum absolute atomic E-state index is 0. The van der Waals surface area contributed by atoms with Crippen molar-refractivity contribution in [2.75, 3.05) is 0 Å². The van der Waals surface area contributed by atoms with Crippen LogP contribution in [-0.4, -0.2) is 4.57 Å². The molecule has 0 spiro atoms. The molecule has 1 aromatic heterocycles. The average Bonchev–Trinajstić information content (AvgIpc) is 2.17. The Morgan fingerprint density at radius 1 is 1.13 bits per heavy atom. The predicted molar refractivity (Wildman–Crippen MR) is 35.6 cm³/mol. The van der Waals surface area contributed by atoms with Gasteiger partial charge >= 0.3 is 26.2 Å². The molecule has 1 heterocycles. The molecule has 15 heavy (non-hydrogen) atoms. The number of imidazole rings is 1. The minimum Gasteiger partial charge on any atom is -1.00 e. The molecule has 0 aliphatic rings. The first-order valence-electron chi connectivity index (χ1n) is 3.13. The van der Waals surface area contributed by atoms with E-state index < -0.39 is 0 Å². The first kappa shape index (κ1) is 36.0. The van der Waals surface area contributed by atoms with E-state index in [1.807, 2.05) is 30.3 Å². The Morgan fingerprint density at radius 3 is 1.87 bits per heavy atom. The van der Waals surface area contributed by atoms with Crippen LogP contribution >= 0.6 is 0 Å². The van der Waals surface area contributed by atoms with Gasteiger partial charge in [0.25, 0.3) is 0 Å². The van der Waals surface area contributed by atoms with Crippen LogP contribution < -0.4 is 66.6 Å². The van der Waals surface area contributed by atoms with Crippen LogP contribution in [0.25, 0.3) is 0 Å². The molecular weight excluding hydrogens is 381 g/mol. The molecule has 0 unspecified atom stereocenters. The average molecular weight is 393 g/mol. The maximum absolute atomic E-state index is 3.76. The third kappa shape index (κ3) is 15.5. The van der Waals surface area contributed by atoms with Crippen molar-refractivity contribution >= 4 is 0 Å². The molecule has 0 radical (unpaired) electrons. The molecule has 0 saturated heterocycles. The van der Waals surface area contributed by atoms with Crippen molar-refractivity contribution in [3.8, 4) is 0 Å². The predicted octanol–water partition coefficient (Wildman–Crippen LogP) is -14.4. The first-order chi connectivity index (χ1) is 4.33. The first-order valence-corrected chi connectivity index (χ1v) is 3.13. The molecular formula is C7H12Cl5N2Zr-. The second-order valence-corrected chi connectivity index (χ2v) is 2.17. The minimum atomic E-state index is 0. The summed E-state index contributed by atoms with van der Waals surface area (Å²) in [7, 11) is 2.01. The van der Waals surface area contributed by atoms with E-state index in [1.165, 1.54) is 0 Å². The van der Waals surface area contributed by atoms with Gasteiger partial charge < -0.3 is 69.0 Å². The Hall–Kier alpha value is 1.54. The molecule has 0 amide bonds. The van der Waals surface area contributed by atoms with Crippen molar-refractivity contribution in [1.29, 1.82) is 0 Å². The van der Waals surface area contributed by atoms with Gasteiger partial charge in [-0.3, -0.25) is 0 Å². The van der Waals surface area contributed by atoms with E-state index in [4.69, 9.17) is 0 Å². The van der Waals surface area contributed by atoms with E-state index >= 15 is 0 Å². The summed E-state index contributed by atoms with van der Waals surface area (Å²) in [5.41, 5.74) is 0. The molecule has 0 aliphatic heterocycles. The molecule has 0 aromatic carbocycles. The molecule has 8 heteroatoms. The quantitative estimate of drug-likeness (QED) is 0.349. The third-order valence-corrected chi connectivity index (χ3v) is 1.24. The summed E-state index contributed by atoms with van der Waals surface area (Å²) in [5, 5.41) is 0. The molecule has 0 saturated carbocycles. The van der Waals surface area contributed by atoms with Crippen LogP contribution in [0.2, 0.25) is 0 Å². The van der Waals surface area contributed by atoms with Gasteiger partial charge in [0.05, 0.1) is 13.6 Å². The van der Waals surface area contributed by atoms with Crippen LogP contribution in [0.1, 0.15) is 6.42 Å². The van der Waals surface area contributed by atoms with Crippen molar-refractivity contribution in [3.63, 3.8) is 0 Å². The van der Waals surface area contributed by atoms with Crippen molar-refractivity contribution in [1.82, 2.24) is 4.57 Å². The van der Waals surface area contributed by atoms with Crippen molar-refractivity contribution < 1.29 is 92.8 Å². The fourth-order valence-corrected chi connectivity index (χ4v) is 0.817. The van der Waals surface area contributed by atoms with E-state index in [9.17, 15) is 0 Å². The number of nitrogens with zero attached hydrogens (tertiary/aromatic N) is 2. The number of halogens is 5. The van der Waals surface area contributed by atoms with Crippen molar-refractivity contribution in [2.24, 2.45) is 7.05 Å². The Kier molecular flexibility index (Phi) is 50.1. The summed E-state index contributed by atoms with van der Waals surface area (Å²) >= 11 is 0. The monoisotopic (exact) mass is 389 g/mol. The zero-order valence-corrected chi connectivity index (χ0v) is 14.4. The normalized spacial score (nSPS) is 6.00. The van der Waals surface area contributed by atoms with E-state index in [2.05, 4.69) is 11.5 Å². The summed E-state index contributed by atoms with van der Waals surface area (Å²) in [4.78, 5) is 0. The smallest absolute Gasteiger partial charge is 1.00 e. The van der Waals surface area contributed by atoms with Gasteiger partial charge in [0.15, 0.2) is 0 Å². The summed E-state index contributed by atoms with van der Waals surface area (Å²) < 4.78 is 4.14. The molecule has 0 fully saturated rings. The molecule has 90 valence electrons. The summed E-state index contributed by atoms with van der Waals surface area (Å²) in [6.45, 7) is 4.77. The maximum Gasteiger partial charge on any atom is 4.00 e. The van der Waals surface area contributed by atoms with Gasteiger partial charge in [-0.2, -0.15) is 0 Å². The molecule has 0 bridgehead atoms. The molecule has 0 N–H and O–H groups in total. The Labute approximate surface area is 142 Å². The SMILES string of the molecule is [CH2-]CCn1cc[n+](C)c1.[Cl-].[Cl-].[Cl-].[Cl-].[Cl-].[Zr+4]. The number of hydrogen-bond donors (Lipinski definition) is 0. The van der Waals surface area contributed by atoms with E-state index in [-0.39, 0.29) is 88.2 Å². The van der Waals surface area contributed by atoms with Gasteiger partial charge in [0.2, 0.25) is 6.33 Å². The second-order valence-electron chi connectivity index (χ2n) is 2.17. The zero-order chi connectivity index (χ0) is 6.69. The van der Waals surface area contributed by atoms with Crippen LogP contribution in [0, 0.1) is 6.92 Å². The number of aromatic nitrogens is 2. The Bertz CT molecular complexity index is 197. The summed E-state index contributed by atoms with van der Waals surface area (Å²) in [6, 6.07) is 0. The van der Waals surface area contributed by atoms with Gasteiger partial charge in [-0.1, -0.05) is 0 Å². The number of aryl methyl sites for hydroxylation is 2. The van der Waals surface area contributed by atoms with Gasteiger partial charge in [0, 0.05) is 0 Å². The van der Waals surface area contributed by atoms with Crippen LogP contribution in [0.15, 0.2) is 18.7 Å². The molecule has 1 aromatic rings. The van der Waals surface area contributed by atoms with Gasteiger partial charge in [-0.15, -0.1) is 6.42 Å². The zero-order valence-electron chi connectivity index (χ0n) is 8.14. The van der Waals surface area contributed by atoms with Crippen molar-refractivity contribution in [3.05, 3.63) is 25.6 Å². The van der Waals surface area contributed by atoms with Crippen LogP contribution in [0.3, 0.4) is 0 Å². The fourth-order valence-electron chi connectivity index (χ4n) is 0.817. The van der Waals surface area contributed by atoms with Crippen LogP contribution in [0.5, 0.6) is 0 Å². The number of hydrogen-bond acceptors (Lipinski definition) is 0. The Morgan fingerprint density at radius 2 is 1.60 bits per heavy atom. The third-order valence-electron chi connectivity index (χ3n) is 1.24. The topological polar surface area (TPSA) is 8.81 Å². The van der Waals surface area contributed by atoms with Crippen LogP contribution in [0.4, 0.5) is 0 Å². The summed E-state index contributed by atoms with van der Waals surface area (Å²) in [5.74, 6) is 0. The van der Waals surface area contributed by atoms with E-state index in [0.29, 0.717) is 0 Å². The number of rotatable bonds is 2. The van der Waals surface area contributed by atoms with Gasteiger partial charge in [0.1, 0.15) is 12.4 Å². The Balaban J connectivity index is -0.0000000337.